The van der Waals surface area contributed by atoms with Gasteiger partial charge in [-0.2, -0.15) is 0 Å². The van der Waals surface area contributed by atoms with Crippen molar-refractivity contribution in [2.24, 2.45) is 0 Å². The Morgan fingerprint density at radius 2 is 1.83 bits per heavy atom. The highest BCUT2D eigenvalue weighted by atomic mass is 16.5. The fourth-order valence-electron chi connectivity index (χ4n) is 2.38. The minimum atomic E-state index is -1.09. The number of aromatic nitrogens is 1. The van der Waals surface area contributed by atoms with Gasteiger partial charge in [-0.05, 0) is 42.5 Å². The van der Waals surface area contributed by atoms with Crippen LogP contribution < -0.4 is 10.2 Å². The number of nitrogens with one attached hydrogen (secondary N) is 1. The van der Waals surface area contributed by atoms with Gasteiger partial charge in [-0.1, -0.05) is 0 Å². The van der Waals surface area contributed by atoms with Crippen LogP contribution in [0.4, 0.5) is 0 Å². The molecule has 3 rings (SSSR count). The van der Waals surface area contributed by atoms with Gasteiger partial charge in [-0.15, -0.1) is 0 Å². The summed E-state index contributed by atoms with van der Waals surface area (Å²) in [5.74, 6) is -0.859. The Balaban J connectivity index is 2.25. The number of benzene rings is 2. The van der Waals surface area contributed by atoms with E-state index >= 15 is 0 Å². The number of pyridine rings is 1. The van der Waals surface area contributed by atoms with E-state index in [4.69, 9.17) is 9.84 Å². The van der Waals surface area contributed by atoms with E-state index in [9.17, 15) is 14.7 Å². The van der Waals surface area contributed by atoms with Gasteiger partial charge < -0.3 is 19.9 Å². The van der Waals surface area contributed by atoms with Crippen LogP contribution in [0.1, 0.15) is 10.4 Å². The van der Waals surface area contributed by atoms with E-state index < -0.39 is 17.1 Å². The summed E-state index contributed by atoms with van der Waals surface area (Å²) in [5, 5.41) is 19.4. The largest absolute Gasteiger partial charge is 0.503 e. The molecule has 0 aliphatic carbocycles. The number of carbonyl (C=O) groups is 1. The van der Waals surface area contributed by atoms with Crippen molar-refractivity contribution >= 4 is 16.9 Å². The third kappa shape index (κ3) is 2.50. The fraction of sp³-hybridized carbons (Fsp3) is 0.0588. The number of aromatic hydroxyl groups is 1. The van der Waals surface area contributed by atoms with Gasteiger partial charge >= 0.3 is 5.97 Å². The van der Waals surface area contributed by atoms with E-state index in [1.54, 1.807) is 24.3 Å². The van der Waals surface area contributed by atoms with Crippen molar-refractivity contribution in [3.05, 3.63) is 58.3 Å². The van der Waals surface area contributed by atoms with E-state index in [-0.39, 0.29) is 16.6 Å². The molecule has 0 saturated carbocycles. The zero-order valence-electron chi connectivity index (χ0n) is 12.2. The second-order valence-electron chi connectivity index (χ2n) is 4.97. The second kappa shape index (κ2) is 5.49. The first-order valence-electron chi connectivity index (χ1n) is 6.78. The maximum absolute atomic E-state index is 12.3. The third-order valence-corrected chi connectivity index (χ3v) is 3.60. The zero-order chi connectivity index (χ0) is 16.6. The zero-order valence-corrected chi connectivity index (χ0v) is 12.2. The average molecular weight is 311 g/mol. The van der Waals surface area contributed by atoms with Crippen molar-refractivity contribution in [2.75, 3.05) is 7.11 Å². The van der Waals surface area contributed by atoms with E-state index in [1.807, 2.05) is 0 Å². The first-order chi connectivity index (χ1) is 11.0. The van der Waals surface area contributed by atoms with Crippen molar-refractivity contribution < 1.29 is 19.7 Å². The molecule has 0 aliphatic rings. The molecule has 0 radical (unpaired) electrons. The molecule has 23 heavy (non-hydrogen) atoms. The van der Waals surface area contributed by atoms with E-state index in [0.717, 1.165) is 0 Å². The van der Waals surface area contributed by atoms with Crippen LogP contribution in [0.15, 0.2) is 47.3 Å². The molecule has 3 N–H and O–H groups in total. The lowest BCUT2D eigenvalue weighted by molar-refractivity contribution is 0.0697. The van der Waals surface area contributed by atoms with E-state index in [0.29, 0.717) is 16.8 Å². The van der Waals surface area contributed by atoms with Crippen molar-refractivity contribution in [2.45, 2.75) is 0 Å². The first-order valence-corrected chi connectivity index (χ1v) is 6.78. The maximum atomic E-state index is 12.3. The van der Waals surface area contributed by atoms with Crippen LogP contribution in [-0.2, 0) is 0 Å². The first kappa shape index (κ1) is 14.6. The highest BCUT2D eigenvalue weighted by molar-refractivity contribution is 5.94. The molecule has 1 heterocycles. The summed E-state index contributed by atoms with van der Waals surface area (Å²) >= 11 is 0. The lowest BCUT2D eigenvalue weighted by Crippen LogP contribution is -2.06. The quantitative estimate of drug-likeness (QED) is 0.690. The number of ether oxygens (including phenoxy) is 1. The lowest BCUT2D eigenvalue weighted by Gasteiger charge is -2.09. The Labute approximate surface area is 130 Å². The number of rotatable bonds is 3. The molecule has 6 nitrogen and oxygen atoms in total. The van der Waals surface area contributed by atoms with Crippen molar-refractivity contribution in [1.82, 2.24) is 4.98 Å². The number of carboxylic acids is 1. The van der Waals surface area contributed by atoms with Crippen LogP contribution in [0.5, 0.6) is 11.5 Å². The number of hydrogen-bond donors (Lipinski definition) is 3. The van der Waals surface area contributed by atoms with E-state index in [2.05, 4.69) is 4.98 Å². The normalized spacial score (nSPS) is 10.7. The topological polar surface area (TPSA) is 99.6 Å². The summed E-state index contributed by atoms with van der Waals surface area (Å²) < 4.78 is 5.07. The molecule has 1 aromatic heterocycles. The molecular weight excluding hydrogens is 298 g/mol. The smallest absolute Gasteiger partial charge is 0.335 e. The Hall–Kier alpha value is -3.28. The van der Waals surface area contributed by atoms with Crippen molar-refractivity contribution in [3.8, 4) is 22.8 Å². The van der Waals surface area contributed by atoms with Crippen LogP contribution >= 0.6 is 0 Å². The molecule has 2 aromatic carbocycles. The fourth-order valence-corrected chi connectivity index (χ4v) is 2.38. The number of methoxy groups -OCH3 is 1. The molecular formula is C17H13NO5. The Bertz CT molecular complexity index is 957. The third-order valence-electron chi connectivity index (χ3n) is 3.60. The molecule has 0 spiro atoms. The summed E-state index contributed by atoms with van der Waals surface area (Å²) in [6, 6.07) is 10.9. The summed E-state index contributed by atoms with van der Waals surface area (Å²) in [6.45, 7) is 0. The minimum absolute atomic E-state index is 0.0551. The van der Waals surface area contributed by atoms with Crippen molar-refractivity contribution in [3.63, 3.8) is 0 Å². The predicted molar refractivity (Wildman–Crippen MR) is 85.2 cm³/mol. The molecule has 0 unspecified atom stereocenters. The van der Waals surface area contributed by atoms with Gasteiger partial charge in [-0.3, -0.25) is 4.79 Å². The monoisotopic (exact) mass is 311 g/mol. The van der Waals surface area contributed by atoms with Crippen LogP contribution in [0.2, 0.25) is 0 Å². The Morgan fingerprint density at radius 1 is 1.13 bits per heavy atom. The Morgan fingerprint density at radius 3 is 2.43 bits per heavy atom. The summed E-state index contributed by atoms with van der Waals surface area (Å²) in [7, 11) is 1.54. The second-order valence-corrected chi connectivity index (χ2v) is 4.97. The highest BCUT2D eigenvalue weighted by Gasteiger charge is 2.14. The SMILES string of the molecule is COc1ccc(-c2[nH]c3cc(C(=O)O)ccc3c(=O)c2O)cc1. The van der Waals surface area contributed by atoms with Gasteiger partial charge in [0.15, 0.2) is 5.75 Å². The molecule has 0 amide bonds. The lowest BCUT2D eigenvalue weighted by atomic mass is 10.1. The van der Waals surface area contributed by atoms with Gasteiger partial charge in [0, 0.05) is 10.9 Å². The number of carboxylic acid groups (broad SMARTS) is 1. The predicted octanol–water partition coefficient (Wildman–Crippen LogP) is 2.61. The molecule has 6 heteroatoms. The van der Waals surface area contributed by atoms with Crippen LogP contribution in [0.3, 0.4) is 0 Å². The Kier molecular flexibility index (Phi) is 3.50. The summed E-state index contributed by atoms with van der Waals surface area (Å²) in [6.07, 6.45) is 0. The number of fused-ring (bicyclic) bond motifs is 1. The van der Waals surface area contributed by atoms with Crippen LogP contribution in [0, 0.1) is 0 Å². The summed E-state index contributed by atoms with van der Waals surface area (Å²) in [5.41, 5.74) is 0.662. The van der Waals surface area contributed by atoms with Crippen LogP contribution in [-0.4, -0.2) is 28.3 Å². The van der Waals surface area contributed by atoms with Gasteiger partial charge in [0.2, 0.25) is 5.43 Å². The number of aromatic amines is 1. The maximum Gasteiger partial charge on any atom is 0.335 e. The molecule has 0 bridgehead atoms. The molecule has 0 atom stereocenters. The molecule has 3 aromatic rings. The molecule has 0 saturated heterocycles. The van der Waals surface area contributed by atoms with E-state index in [1.165, 1.54) is 25.3 Å². The number of H-pyrrole nitrogens is 1. The van der Waals surface area contributed by atoms with Crippen molar-refractivity contribution in [1.29, 1.82) is 0 Å². The minimum Gasteiger partial charge on any atom is -0.503 e. The van der Waals surface area contributed by atoms with Crippen LogP contribution in [0.25, 0.3) is 22.2 Å². The average Bonchev–Trinajstić information content (AvgIpc) is 2.57. The molecule has 0 aliphatic heterocycles. The van der Waals surface area contributed by atoms with Gasteiger partial charge in [0.25, 0.3) is 0 Å². The summed E-state index contributed by atoms with van der Waals surface area (Å²) in [4.78, 5) is 26.3. The van der Waals surface area contributed by atoms with Gasteiger partial charge in [0.05, 0.1) is 23.9 Å². The standard InChI is InChI=1S/C17H13NO5/c1-23-11-5-2-9(3-6-11)14-16(20)15(19)12-7-4-10(17(21)22)8-13(12)18-14/h2-8,20H,1H3,(H,18,19)(H,21,22). The number of hydrogen-bond acceptors (Lipinski definition) is 4. The van der Waals surface area contributed by atoms with Gasteiger partial charge in [0.1, 0.15) is 5.75 Å². The van der Waals surface area contributed by atoms with Gasteiger partial charge in [-0.25, -0.2) is 4.79 Å². The molecule has 116 valence electrons. The number of aromatic carboxylic acids is 1. The molecule has 0 fully saturated rings. The highest BCUT2D eigenvalue weighted by Crippen LogP contribution is 2.28.